The van der Waals surface area contributed by atoms with Gasteiger partial charge in [-0.2, -0.15) is 0 Å². The highest BCUT2D eigenvalue weighted by Gasteiger charge is 2.63. The van der Waals surface area contributed by atoms with Crippen molar-refractivity contribution in [1.29, 1.82) is 0 Å². The lowest BCUT2D eigenvalue weighted by Crippen LogP contribution is -2.66. The SMILES string of the molecule is COC(=O)C/C=C(/C)[C@@H]1O[Si](C(C)(C)C)(C(C)(C)C)O[C@@H](CCO[Si](C)(C)C(C)(C)C)[C@@H]1C. The molecule has 1 rings (SSSR count). The second-order valence-electron chi connectivity index (χ2n) is 13.3. The first-order valence-corrected chi connectivity index (χ1v) is 17.2. The summed E-state index contributed by atoms with van der Waals surface area (Å²) in [6.45, 7) is 29.9. The summed E-state index contributed by atoms with van der Waals surface area (Å²) >= 11 is 0. The number of ether oxygens (including phenoxy) is 1. The Balaban J connectivity index is 3.31. The maximum Gasteiger partial charge on any atom is 0.350 e. The van der Waals surface area contributed by atoms with Crippen molar-refractivity contribution in [2.75, 3.05) is 13.7 Å². The van der Waals surface area contributed by atoms with Gasteiger partial charge in [0.25, 0.3) is 0 Å². The molecule has 0 saturated carbocycles. The van der Waals surface area contributed by atoms with Gasteiger partial charge in [-0.1, -0.05) is 75.3 Å². The highest BCUT2D eigenvalue weighted by atomic mass is 28.4. The second kappa shape index (κ2) is 10.6. The van der Waals surface area contributed by atoms with Crippen LogP contribution in [0.4, 0.5) is 0 Å². The fourth-order valence-electron chi connectivity index (χ4n) is 4.58. The zero-order valence-electron chi connectivity index (χ0n) is 24.0. The molecule has 1 aliphatic heterocycles. The minimum atomic E-state index is -2.71. The van der Waals surface area contributed by atoms with Gasteiger partial charge in [0.1, 0.15) is 0 Å². The highest BCUT2D eigenvalue weighted by Crippen LogP contribution is 2.56. The summed E-state index contributed by atoms with van der Waals surface area (Å²) < 4.78 is 25.5. The van der Waals surface area contributed by atoms with Crippen molar-refractivity contribution in [3.63, 3.8) is 0 Å². The van der Waals surface area contributed by atoms with Crippen molar-refractivity contribution in [2.24, 2.45) is 5.92 Å². The summed E-state index contributed by atoms with van der Waals surface area (Å²) in [7, 11) is -3.12. The van der Waals surface area contributed by atoms with E-state index in [0.717, 1.165) is 12.0 Å². The summed E-state index contributed by atoms with van der Waals surface area (Å²) in [6, 6.07) is 0. The van der Waals surface area contributed by atoms with E-state index < -0.39 is 16.9 Å². The molecule has 0 aromatic rings. The van der Waals surface area contributed by atoms with Gasteiger partial charge >= 0.3 is 14.5 Å². The van der Waals surface area contributed by atoms with Crippen molar-refractivity contribution in [1.82, 2.24) is 0 Å². The molecular weight excluding hydrogens is 448 g/mol. The number of rotatable bonds is 7. The standard InChI is InChI=1S/C26H52O5Si2/c1-19(15-16-22(27)28-12)23-20(2)21(17-18-29-32(13,14)24(3,4)5)30-33(31-23,25(6,7)8)26(9,10)11/h15,20-21,23H,16-18H2,1-14H3/b19-15-/t20-,21-,23-/m0/s1. The van der Waals surface area contributed by atoms with Crippen molar-refractivity contribution >= 4 is 22.8 Å². The molecule has 0 bridgehead atoms. The third kappa shape index (κ3) is 7.03. The van der Waals surface area contributed by atoms with Gasteiger partial charge in [-0.25, -0.2) is 0 Å². The van der Waals surface area contributed by atoms with E-state index in [9.17, 15) is 4.79 Å². The molecular formula is C26H52O5Si2. The van der Waals surface area contributed by atoms with Crippen LogP contribution in [0.2, 0.25) is 28.2 Å². The van der Waals surface area contributed by atoms with Gasteiger partial charge in [-0.3, -0.25) is 4.79 Å². The van der Waals surface area contributed by atoms with E-state index in [1.165, 1.54) is 7.11 Å². The predicted octanol–water partition coefficient (Wildman–Crippen LogP) is 7.37. The maximum absolute atomic E-state index is 11.8. The summed E-state index contributed by atoms with van der Waals surface area (Å²) in [5, 5.41) is -0.0597. The number of carbonyl (C=O) groups is 1. The molecule has 1 aliphatic rings. The molecule has 194 valence electrons. The van der Waals surface area contributed by atoms with Crippen LogP contribution in [-0.4, -0.2) is 48.8 Å². The van der Waals surface area contributed by atoms with E-state index in [1.807, 2.05) is 6.08 Å². The van der Waals surface area contributed by atoms with Crippen LogP contribution in [0.25, 0.3) is 0 Å². The van der Waals surface area contributed by atoms with E-state index in [-0.39, 0.29) is 45.6 Å². The topological polar surface area (TPSA) is 54.0 Å². The molecule has 0 aromatic carbocycles. The lowest BCUT2D eigenvalue weighted by molar-refractivity contribution is -0.139. The third-order valence-electron chi connectivity index (χ3n) is 7.59. The minimum Gasteiger partial charge on any atom is -0.469 e. The van der Waals surface area contributed by atoms with Crippen LogP contribution >= 0.6 is 0 Å². The number of carbonyl (C=O) groups excluding carboxylic acids is 1. The molecule has 7 heteroatoms. The number of esters is 1. The molecule has 0 N–H and O–H groups in total. The fraction of sp³-hybridized carbons (Fsp3) is 0.885. The van der Waals surface area contributed by atoms with E-state index in [0.29, 0.717) is 6.61 Å². The molecule has 0 aliphatic carbocycles. The van der Waals surface area contributed by atoms with E-state index >= 15 is 0 Å². The lowest BCUT2D eigenvalue weighted by atomic mass is 9.91. The van der Waals surface area contributed by atoms with Gasteiger partial charge in [0.2, 0.25) is 0 Å². The quantitative estimate of drug-likeness (QED) is 0.207. The van der Waals surface area contributed by atoms with Crippen molar-refractivity contribution in [3.8, 4) is 0 Å². The summed E-state index contributed by atoms with van der Waals surface area (Å²) in [4.78, 5) is 11.8. The molecule has 1 heterocycles. The lowest BCUT2D eigenvalue weighted by Gasteiger charge is -2.57. The van der Waals surface area contributed by atoms with E-state index in [2.05, 4.69) is 89.3 Å². The van der Waals surface area contributed by atoms with E-state index in [1.54, 1.807) is 0 Å². The molecule has 33 heavy (non-hydrogen) atoms. The van der Waals surface area contributed by atoms with Gasteiger partial charge in [0, 0.05) is 22.6 Å². The third-order valence-corrected chi connectivity index (χ3v) is 17.3. The first-order chi connectivity index (χ1) is 14.7. The summed E-state index contributed by atoms with van der Waals surface area (Å²) in [6.07, 6.45) is 3.02. The Kier molecular flexibility index (Phi) is 9.86. The Morgan fingerprint density at radius 1 is 1.00 bits per heavy atom. The molecule has 3 atom stereocenters. The van der Waals surface area contributed by atoms with Crippen molar-refractivity contribution in [3.05, 3.63) is 11.6 Å². The predicted molar refractivity (Wildman–Crippen MR) is 142 cm³/mol. The van der Waals surface area contributed by atoms with Gasteiger partial charge < -0.3 is 18.0 Å². The van der Waals surface area contributed by atoms with Gasteiger partial charge in [0.15, 0.2) is 8.32 Å². The van der Waals surface area contributed by atoms with Crippen LogP contribution in [0.1, 0.15) is 89.0 Å². The zero-order chi connectivity index (χ0) is 26.0. The Morgan fingerprint density at radius 2 is 1.52 bits per heavy atom. The fourth-order valence-corrected chi connectivity index (χ4v) is 10.9. The van der Waals surface area contributed by atoms with Crippen LogP contribution in [0.15, 0.2) is 11.6 Å². The van der Waals surface area contributed by atoms with Gasteiger partial charge in [0.05, 0.1) is 25.7 Å². The Labute approximate surface area is 206 Å². The average molecular weight is 501 g/mol. The molecule has 5 nitrogen and oxygen atoms in total. The van der Waals surface area contributed by atoms with E-state index in [4.69, 9.17) is 18.0 Å². The van der Waals surface area contributed by atoms with Crippen LogP contribution in [0, 0.1) is 5.92 Å². The Morgan fingerprint density at radius 3 is 1.94 bits per heavy atom. The van der Waals surface area contributed by atoms with Crippen LogP contribution in [0.5, 0.6) is 0 Å². The molecule has 0 aromatic heterocycles. The Bertz CT molecular complexity index is 681. The molecule has 0 radical (unpaired) electrons. The van der Waals surface area contributed by atoms with Crippen LogP contribution in [0.3, 0.4) is 0 Å². The number of hydrogen-bond acceptors (Lipinski definition) is 5. The molecule has 0 unspecified atom stereocenters. The summed E-state index contributed by atoms with van der Waals surface area (Å²) in [5.41, 5.74) is 1.08. The first-order valence-electron chi connectivity index (χ1n) is 12.4. The van der Waals surface area contributed by atoms with Gasteiger partial charge in [-0.05, 0) is 37.0 Å². The smallest absolute Gasteiger partial charge is 0.350 e. The zero-order valence-corrected chi connectivity index (χ0v) is 26.0. The Hall–Kier alpha value is -0.476. The molecule has 1 fully saturated rings. The van der Waals surface area contributed by atoms with Crippen molar-refractivity contribution in [2.45, 2.75) is 129 Å². The molecule has 0 amide bonds. The highest BCUT2D eigenvalue weighted by molar-refractivity contribution is 6.74. The van der Waals surface area contributed by atoms with Crippen LogP contribution in [-0.2, 0) is 22.8 Å². The molecule has 1 saturated heterocycles. The summed E-state index contributed by atoms with van der Waals surface area (Å²) in [5.74, 6) is -0.0734. The maximum atomic E-state index is 11.8. The minimum absolute atomic E-state index is 0.0418. The number of methoxy groups -OCH3 is 1. The van der Waals surface area contributed by atoms with Crippen molar-refractivity contribution < 1.29 is 22.8 Å². The monoisotopic (exact) mass is 500 g/mol. The number of hydrogen-bond donors (Lipinski definition) is 0. The normalized spacial score (nSPS) is 25.2. The largest absolute Gasteiger partial charge is 0.469 e. The second-order valence-corrected chi connectivity index (χ2v) is 22.8. The molecule has 0 spiro atoms. The van der Waals surface area contributed by atoms with Crippen LogP contribution < -0.4 is 0 Å². The first kappa shape index (κ1) is 30.6. The average Bonchev–Trinajstić information content (AvgIpc) is 2.64. The van der Waals surface area contributed by atoms with Gasteiger partial charge in [-0.15, -0.1) is 0 Å².